The van der Waals surface area contributed by atoms with E-state index in [0.717, 1.165) is 16.0 Å². The molecule has 1 aliphatic rings. The normalized spacial score (nSPS) is 20.7. The lowest BCUT2D eigenvalue weighted by molar-refractivity contribution is 0.387. The van der Waals surface area contributed by atoms with Crippen molar-refractivity contribution < 1.29 is 0 Å². The first kappa shape index (κ1) is 16.0. The molecule has 1 saturated carbocycles. The maximum Gasteiger partial charge on any atom is 0.143 e. The molecule has 0 amide bonds. The quantitative estimate of drug-likeness (QED) is 0.404. The summed E-state index contributed by atoms with van der Waals surface area (Å²) in [5.41, 5.74) is 4.89. The summed E-state index contributed by atoms with van der Waals surface area (Å²) >= 11 is 1.77. The summed E-state index contributed by atoms with van der Waals surface area (Å²) in [6, 6.07) is 19.5. The number of rotatable bonds is 2. The Kier molecular flexibility index (Phi) is 3.97. The van der Waals surface area contributed by atoms with Gasteiger partial charge in [0.1, 0.15) is 10.3 Å². The fraction of sp³-hybridized carbons (Fsp3) is 0.304. The summed E-state index contributed by atoms with van der Waals surface area (Å²) < 4.78 is 1.28. The first-order valence-electron chi connectivity index (χ1n) is 9.50. The van der Waals surface area contributed by atoms with Gasteiger partial charge < -0.3 is 0 Å². The summed E-state index contributed by atoms with van der Waals surface area (Å²) in [6.07, 6.45) is 4.99. The molecule has 26 heavy (non-hydrogen) atoms. The zero-order chi connectivity index (χ0) is 17.5. The van der Waals surface area contributed by atoms with E-state index in [4.69, 9.17) is 9.97 Å². The molecule has 0 aliphatic heterocycles. The summed E-state index contributed by atoms with van der Waals surface area (Å²) in [6.45, 7) is 2.14. The van der Waals surface area contributed by atoms with Gasteiger partial charge in [0.25, 0.3) is 0 Å². The Morgan fingerprint density at radius 3 is 2.54 bits per heavy atom. The number of hydrogen-bond acceptors (Lipinski definition) is 3. The van der Waals surface area contributed by atoms with E-state index in [9.17, 15) is 0 Å². The van der Waals surface area contributed by atoms with Crippen LogP contribution in [-0.4, -0.2) is 9.97 Å². The van der Waals surface area contributed by atoms with Crippen LogP contribution in [0.5, 0.6) is 0 Å². The lowest BCUT2D eigenvalue weighted by Crippen LogP contribution is -2.15. The standard InChI is InChI=1S/C23H22N2S/c1-15-21(18-11-7-10-17(14-18)16-8-3-2-4-9-16)25-23-22(24-15)19-12-5-6-13-20(19)26-23/h2-6,8-9,12-13,17-18H,7,10-11,14H2,1H3. The van der Waals surface area contributed by atoms with Crippen LogP contribution in [0.15, 0.2) is 54.6 Å². The second-order valence-corrected chi connectivity index (χ2v) is 8.45. The van der Waals surface area contributed by atoms with Crippen LogP contribution in [0.25, 0.3) is 20.4 Å². The minimum absolute atomic E-state index is 0.524. The van der Waals surface area contributed by atoms with Gasteiger partial charge >= 0.3 is 0 Å². The Balaban J connectivity index is 1.53. The largest absolute Gasteiger partial charge is 0.248 e. The monoisotopic (exact) mass is 358 g/mol. The van der Waals surface area contributed by atoms with Crippen molar-refractivity contribution in [3.8, 4) is 0 Å². The molecular weight excluding hydrogens is 336 g/mol. The lowest BCUT2D eigenvalue weighted by atomic mass is 9.76. The average molecular weight is 359 g/mol. The highest BCUT2D eigenvalue weighted by Crippen LogP contribution is 2.42. The molecule has 2 nitrogen and oxygen atoms in total. The van der Waals surface area contributed by atoms with Crippen LogP contribution in [-0.2, 0) is 0 Å². The van der Waals surface area contributed by atoms with Crippen LogP contribution < -0.4 is 0 Å². The van der Waals surface area contributed by atoms with Crippen molar-refractivity contribution in [2.75, 3.05) is 0 Å². The molecule has 2 unspecified atom stereocenters. The van der Waals surface area contributed by atoms with Crippen molar-refractivity contribution in [3.63, 3.8) is 0 Å². The number of aromatic nitrogens is 2. The van der Waals surface area contributed by atoms with Crippen molar-refractivity contribution in [2.45, 2.75) is 44.4 Å². The zero-order valence-electron chi connectivity index (χ0n) is 15.0. The fourth-order valence-electron chi connectivity index (χ4n) is 4.47. The van der Waals surface area contributed by atoms with E-state index in [1.807, 2.05) is 0 Å². The van der Waals surface area contributed by atoms with E-state index in [1.54, 1.807) is 11.3 Å². The highest BCUT2D eigenvalue weighted by molar-refractivity contribution is 7.25. The Labute approximate surface area is 157 Å². The summed E-state index contributed by atoms with van der Waals surface area (Å²) in [5, 5.41) is 1.24. The van der Waals surface area contributed by atoms with Gasteiger partial charge in [-0.05, 0) is 43.7 Å². The zero-order valence-corrected chi connectivity index (χ0v) is 15.8. The minimum atomic E-state index is 0.524. The Morgan fingerprint density at radius 1 is 0.885 bits per heavy atom. The molecule has 0 saturated heterocycles. The van der Waals surface area contributed by atoms with Crippen molar-refractivity contribution in [2.24, 2.45) is 0 Å². The van der Waals surface area contributed by atoms with Gasteiger partial charge in [0, 0.05) is 16.0 Å². The molecule has 2 aromatic heterocycles. The first-order valence-corrected chi connectivity index (χ1v) is 10.3. The molecule has 130 valence electrons. The van der Waals surface area contributed by atoms with E-state index >= 15 is 0 Å². The molecule has 2 aromatic carbocycles. The van der Waals surface area contributed by atoms with Gasteiger partial charge in [-0.1, -0.05) is 55.0 Å². The molecule has 4 aromatic rings. The van der Waals surface area contributed by atoms with Gasteiger partial charge in [0.2, 0.25) is 0 Å². The number of fused-ring (bicyclic) bond motifs is 3. The molecule has 1 fully saturated rings. The van der Waals surface area contributed by atoms with Crippen molar-refractivity contribution in [1.82, 2.24) is 9.97 Å². The van der Waals surface area contributed by atoms with E-state index in [2.05, 4.69) is 61.5 Å². The predicted octanol–water partition coefficient (Wildman–Crippen LogP) is 6.59. The maximum absolute atomic E-state index is 5.12. The van der Waals surface area contributed by atoms with Crippen LogP contribution in [0.3, 0.4) is 0 Å². The van der Waals surface area contributed by atoms with Crippen molar-refractivity contribution >= 4 is 31.8 Å². The van der Waals surface area contributed by atoms with E-state index in [1.165, 1.54) is 47.0 Å². The van der Waals surface area contributed by atoms with Crippen LogP contribution in [0.4, 0.5) is 0 Å². The molecule has 5 rings (SSSR count). The predicted molar refractivity (Wildman–Crippen MR) is 110 cm³/mol. The maximum atomic E-state index is 5.12. The molecule has 0 N–H and O–H groups in total. The van der Waals surface area contributed by atoms with Crippen molar-refractivity contribution in [3.05, 3.63) is 71.5 Å². The minimum Gasteiger partial charge on any atom is -0.248 e. The van der Waals surface area contributed by atoms with E-state index in [0.29, 0.717) is 11.8 Å². The first-order chi connectivity index (χ1) is 12.8. The molecule has 0 radical (unpaired) electrons. The lowest BCUT2D eigenvalue weighted by Gasteiger charge is -2.29. The summed E-state index contributed by atoms with van der Waals surface area (Å²) in [7, 11) is 0. The van der Waals surface area contributed by atoms with Gasteiger partial charge in [-0.2, -0.15) is 0 Å². The average Bonchev–Trinajstić information content (AvgIpc) is 3.06. The van der Waals surface area contributed by atoms with E-state index < -0.39 is 0 Å². The van der Waals surface area contributed by atoms with Gasteiger partial charge in [0.05, 0.1) is 11.4 Å². The van der Waals surface area contributed by atoms with Crippen molar-refractivity contribution in [1.29, 1.82) is 0 Å². The summed E-state index contributed by atoms with van der Waals surface area (Å²) in [5.74, 6) is 1.17. The highest BCUT2D eigenvalue weighted by Gasteiger charge is 2.27. The number of hydrogen-bond donors (Lipinski definition) is 0. The van der Waals surface area contributed by atoms with Crippen LogP contribution >= 0.6 is 11.3 Å². The smallest absolute Gasteiger partial charge is 0.143 e. The number of nitrogens with zero attached hydrogens (tertiary/aromatic N) is 2. The van der Waals surface area contributed by atoms with Crippen LogP contribution in [0.2, 0.25) is 0 Å². The third kappa shape index (κ3) is 2.71. The third-order valence-electron chi connectivity index (χ3n) is 5.76. The topological polar surface area (TPSA) is 25.8 Å². The number of aryl methyl sites for hydroxylation is 1. The SMILES string of the molecule is Cc1nc2c(nc1C1CCCC(c3ccccc3)C1)sc1ccccc12. The van der Waals surface area contributed by atoms with Gasteiger partial charge in [-0.3, -0.25) is 0 Å². The van der Waals surface area contributed by atoms with Crippen LogP contribution in [0, 0.1) is 6.92 Å². The Morgan fingerprint density at radius 2 is 1.65 bits per heavy atom. The third-order valence-corrected chi connectivity index (χ3v) is 6.81. The van der Waals surface area contributed by atoms with Gasteiger partial charge in [-0.15, -0.1) is 11.3 Å². The number of thiophene rings is 1. The molecular formula is C23H22N2S. The molecule has 3 heteroatoms. The molecule has 0 spiro atoms. The second kappa shape index (κ2) is 6.48. The molecule has 1 aliphatic carbocycles. The molecule has 2 atom stereocenters. The van der Waals surface area contributed by atoms with E-state index in [-0.39, 0.29) is 0 Å². The number of benzene rings is 2. The van der Waals surface area contributed by atoms with Gasteiger partial charge in [-0.25, -0.2) is 9.97 Å². The Hall–Kier alpha value is -2.26. The highest BCUT2D eigenvalue weighted by atomic mass is 32.1. The van der Waals surface area contributed by atoms with Crippen LogP contribution in [0.1, 0.15) is 54.5 Å². The summed E-state index contributed by atoms with van der Waals surface area (Å²) in [4.78, 5) is 11.2. The van der Waals surface area contributed by atoms with Gasteiger partial charge in [0.15, 0.2) is 0 Å². The Bertz CT molecular complexity index is 1070. The fourth-order valence-corrected chi connectivity index (χ4v) is 5.50. The second-order valence-electron chi connectivity index (χ2n) is 7.42. The molecule has 2 heterocycles. The molecule has 0 bridgehead atoms.